The minimum atomic E-state index is -0.706. The van der Waals surface area contributed by atoms with Crippen LogP contribution in [0.25, 0.3) is 0 Å². The van der Waals surface area contributed by atoms with Crippen LogP contribution < -0.4 is 0 Å². The van der Waals surface area contributed by atoms with Gasteiger partial charge in [-0.25, -0.2) is 4.68 Å². The Kier molecular flexibility index (Phi) is 5.26. The molecular formula is C12H14Cl2N4OS. The number of hydrogen-bond acceptors (Lipinski definition) is 5. The maximum Gasteiger partial charge on any atom is 0.209 e. The second kappa shape index (κ2) is 6.76. The highest BCUT2D eigenvalue weighted by Gasteiger charge is 2.16. The van der Waals surface area contributed by atoms with E-state index in [1.807, 2.05) is 13.8 Å². The number of halogens is 2. The molecule has 1 heterocycles. The molecule has 0 radical (unpaired) electrons. The van der Waals surface area contributed by atoms with Crippen LogP contribution in [-0.4, -0.2) is 31.1 Å². The lowest BCUT2D eigenvalue weighted by molar-refractivity contribution is 0.204. The predicted octanol–water partition coefficient (Wildman–Crippen LogP) is 3.39. The van der Waals surface area contributed by atoms with Crippen LogP contribution in [0, 0.1) is 0 Å². The number of aliphatic hydroxyl groups excluding tert-OH is 1. The zero-order chi connectivity index (χ0) is 14.7. The smallest absolute Gasteiger partial charge is 0.209 e. The fourth-order valence-electron chi connectivity index (χ4n) is 1.62. The van der Waals surface area contributed by atoms with Crippen LogP contribution in [0.15, 0.2) is 23.4 Å². The van der Waals surface area contributed by atoms with E-state index in [1.165, 1.54) is 11.8 Å². The van der Waals surface area contributed by atoms with E-state index < -0.39 is 6.10 Å². The highest BCUT2D eigenvalue weighted by molar-refractivity contribution is 7.99. The van der Waals surface area contributed by atoms with Crippen LogP contribution >= 0.6 is 35.0 Å². The first-order valence-corrected chi connectivity index (χ1v) is 7.77. The summed E-state index contributed by atoms with van der Waals surface area (Å²) in [6, 6.07) is 5.21. The molecule has 2 rings (SSSR count). The highest BCUT2D eigenvalue weighted by Crippen LogP contribution is 2.30. The number of aromatic nitrogens is 4. The molecule has 8 heteroatoms. The van der Waals surface area contributed by atoms with Gasteiger partial charge >= 0.3 is 0 Å². The van der Waals surface area contributed by atoms with E-state index in [9.17, 15) is 5.11 Å². The van der Waals surface area contributed by atoms with Crippen LogP contribution in [0.1, 0.15) is 31.6 Å². The summed E-state index contributed by atoms with van der Waals surface area (Å²) in [5, 5.41) is 23.3. The fourth-order valence-corrected chi connectivity index (χ4v) is 3.11. The van der Waals surface area contributed by atoms with Gasteiger partial charge in [-0.1, -0.05) is 41.0 Å². The molecule has 1 aromatic heterocycles. The predicted molar refractivity (Wildman–Crippen MR) is 80.3 cm³/mol. The van der Waals surface area contributed by atoms with Gasteiger partial charge in [0.25, 0.3) is 0 Å². The molecule has 0 amide bonds. The molecule has 1 aromatic carbocycles. The van der Waals surface area contributed by atoms with Crippen molar-refractivity contribution in [3.05, 3.63) is 33.8 Å². The quantitative estimate of drug-likeness (QED) is 0.850. The zero-order valence-corrected chi connectivity index (χ0v) is 13.3. The second-order valence-electron chi connectivity index (χ2n) is 4.49. The van der Waals surface area contributed by atoms with Crippen molar-refractivity contribution >= 4 is 35.0 Å². The van der Waals surface area contributed by atoms with Gasteiger partial charge < -0.3 is 5.11 Å². The maximum absolute atomic E-state index is 10.2. The van der Waals surface area contributed by atoms with Gasteiger partial charge in [0.05, 0.1) is 12.1 Å². The lowest BCUT2D eigenvalue weighted by atomic mass is 10.1. The molecule has 0 aliphatic heterocycles. The Labute approximate surface area is 131 Å². The molecule has 0 aliphatic carbocycles. The number of benzene rings is 1. The van der Waals surface area contributed by atoms with E-state index in [0.717, 1.165) is 0 Å². The number of nitrogens with zero attached hydrogens (tertiary/aromatic N) is 4. The average molecular weight is 333 g/mol. The topological polar surface area (TPSA) is 63.8 Å². The summed E-state index contributed by atoms with van der Waals surface area (Å²) in [7, 11) is 0. The molecule has 0 saturated carbocycles. The van der Waals surface area contributed by atoms with Crippen molar-refractivity contribution in [1.82, 2.24) is 20.2 Å². The standard InChI is InChI=1S/C12H14Cl2N4OS/c1-7(2)18-12(15-16-17-18)20-6-11(19)9-4-3-8(13)5-10(9)14/h3-5,7,11,19H,6H2,1-2H3. The Morgan fingerprint density at radius 1 is 1.35 bits per heavy atom. The second-order valence-corrected chi connectivity index (χ2v) is 6.32. The average Bonchev–Trinajstić information content (AvgIpc) is 2.84. The summed E-state index contributed by atoms with van der Waals surface area (Å²) < 4.78 is 1.71. The van der Waals surface area contributed by atoms with Crippen LogP contribution in [0.2, 0.25) is 10.0 Å². The SMILES string of the molecule is CC(C)n1nnnc1SCC(O)c1ccc(Cl)cc1Cl. The molecule has 0 saturated heterocycles. The van der Waals surface area contributed by atoms with Crippen molar-refractivity contribution < 1.29 is 5.11 Å². The third-order valence-electron chi connectivity index (χ3n) is 2.64. The van der Waals surface area contributed by atoms with Crippen LogP contribution in [0.3, 0.4) is 0 Å². The number of tetrazole rings is 1. The first-order valence-electron chi connectivity index (χ1n) is 6.02. The molecule has 0 bridgehead atoms. The van der Waals surface area contributed by atoms with E-state index >= 15 is 0 Å². The van der Waals surface area contributed by atoms with E-state index in [2.05, 4.69) is 15.5 Å². The lowest BCUT2D eigenvalue weighted by Crippen LogP contribution is -2.07. The van der Waals surface area contributed by atoms with Crippen LogP contribution in [-0.2, 0) is 0 Å². The first-order chi connectivity index (χ1) is 9.49. The van der Waals surface area contributed by atoms with E-state index in [0.29, 0.717) is 26.5 Å². The minimum absolute atomic E-state index is 0.170. The van der Waals surface area contributed by atoms with Crippen molar-refractivity contribution in [3.8, 4) is 0 Å². The normalized spacial score (nSPS) is 12.9. The monoisotopic (exact) mass is 332 g/mol. The number of rotatable bonds is 5. The van der Waals surface area contributed by atoms with Gasteiger partial charge in [-0.3, -0.25) is 0 Å². The Morgan fingerprint density at radius 3 is 2.75 bits per heavy atom. The van der Waals surface area contributed by atoms with Gasteiger partial charge in [-0.15, -0.1) is 5.10 Å². The van der Waals surface area contributed by atoms with Crippen LogP contribution in [0.4, 0.5) is 0 Å². The molecule has 5 nitrogen and oxygen atoms in total. The summed E-state index contributed by atoms with van der Waals surface area (Å²) in [5.74, 6) is 0.411. The molecule has 0 aliphatic rings. The van der Waals surface area contributed by atoms with Crippen molar-refractivity contribution in [2.45, 2.75) is 31.1 Å². The minimum Gasteiger partial charge on any atom is -0.387 e. The largest absolute Gasteiger partial charge is 0.387 e. The molecule has 1 N–H and O–H groups in total. The van der Waals surface area contributed by atoms with Gasteiger partial charge in [-0.2, -0.15) is 0 Å². The number of thioether (sulfide) groups is 1. The number of hydrogen-bond donors (Lipinski definition) is 1. The van der Waals surface area contributed by atoms with Gasteiger partial charge in [-0.05, 0) is 36.4 Å². The summed E-state index contributed by atoms with van der Waals surface area (Å²) in [4.78, 5) is 0. The van der Waals surface area contributed by atoms with Crippen molar-refractivity contribution in [1.29, 1.82) is 0 Å². The summed E-state index contributed by atoms with van der Waals surface area (Å²) >= 11 is 13.3. The Morgan fingerprint density at radius 2 is 2.10 bits per heavy atom. The zero-order valence-electron chi connectivity index (χ0n) is 11.0. The maximum atomic E-state index is 10.2. The lowest BCUT2D eigenvalue weighted by Gasteiger charge is -2.13. The molecule has 108 valence electrons. The Balaban J connectivity index is 2.05. The molecule has 0 spiro atoms. The van der Waals surface area contributed by atoms with E-state index in [4.69, 9.17) is 23.2 Å². The third-order valence-corrected chi connectivity index (χ3v) is 4.22. The molecule has 1 unspecified atom stereocenters. The van der Waals surface area contributed by atoms with E-state index in [1.54, 1.807) is 22.9 Å². The molecule has 1 atom stereocenters. The van der Waals surface area contributed by atoms with Gasteiger partial charge in [0, 0.05) is 21.4 Å². The van der Waals surface area contributed by atoms with Gasteiger partial charge in [0.15, 0.2) is 0 Å². The van der Waals surface area contributed by atoms with Crippen molar-refractivity contribution in [2.75, 3.05) is 5.75 Å². The molecular weight excluding hydrogens is 319 g/mol. The highest BCUT2D eigenvalue weighted by atomic mass is 35.5. The van der Waals surface area contributed by atoms with E-state index in [-0.39, 0.29) is 6.04 Å². The Hall–Kier alpha value is -0.820. The summed E-state index contributed by atoms with van der Waals surface area (Å²) in [6.07, 6.45) is -0.706. The van der Waals surface area contributed by atoms with Crippen LogP contribution in [0.5, 0.6) is 0 Å². The van der Waals surface area contributed by atoms with Crippen molar-refractivity contribution in [2.24, 2.45) is 0 Å². The molecule has 0 fully saturated rings. The van der Waals surface area contributed by atoms with Gasteiger partial charge in [0.2, 0.25) is 5.16 Å². The third kappa shape index (κ3) is 3.63. The van der Waals surface area contributed by atoms with Gasteiger partial charge in [0.1, 0.15) is 0 Å². The first kappa shape index (κ1) is 15.6. The molecule has 20 heavy (non-hydrogen) atoms. The number of aliphatic hydroxyl groups is 1. The summed E-state index contributed by atoms with van der Waals surface area (Å²) in [6.45, 7) is 3.99. The Bertz CT molecular complexity index is 591. The fraction of sp³-hybridized carbons (Fsp3) is 0.417. The van der Waals surface area contributed by atoms with Crippen molar-refractivity contribution in [3.63, 3.8) is 0 Å². The molecule has 2 aromatic rings. The summed E-state index contributed by atoms with van der Waals surface area (Å²) in [5.41, 5.74) is 0.645.